The smallest absolute Gasteiger partial charge is 0.175 e. The average molecular weight is 387 g/mol. The van der Waals surface area contributed by atoms with E-state index in [0.717, 1.165) is 31.0 Å². The van der Waals surface area contributed by atoms with Crippen molar-refractivity contribution in [2.75, 3.05) is 25.9 Å². The predicted molar refractivity (Wildman–Crippen MR) is 96.6 cm³/mol. The Balaban J connectivity index is 0.00000225. The molecular weight excluding hydrogens is 364 g/mol. The molecule has 3 rings (SSSR count). The molecule has 138 valence electrons. The molecule has 1 aliphatic rings. The van der Waals surface area contributed by atoms with E-state index in [1.54, 1.807) is 28.9 Å². The van der Waals surface area contributed by atoms with Crippen LogP contribution in [0.2, 0.25) is 0 Å². The number of sulfone groups is 1. The van der Waals surface area contributed by atoms with Gasteiger partial charge in [-0.1, -0.05) is 6.92 Å². The van der Waals surface area contributed by atoms with Crippen LogP contribution in [-0.4, -0.2) is 59.4 Å². The van der Waals surface area contributed by atoms with Crippen molar-refractivity contribution in [3.63, 3.8) is 0 Å². The molecule has 25 heavy (non-hydrogen) atoms. The molecule has 2 N–H and O–H groups in total. The molecule has 1 atom stereocenters. The Bertz CT molecular complexity index is 823. The van der Waals surface area contributed by atoms with Crippen molar-refractivity contribution in [3.8, 4) is 5.69 Å². The molecule has 0 spiro atoms. The third kappa shape index (κ3) is 4.35. The summed E-state index contributed by atoms with van der Waals surface area (Å²) in [4.78, 5) is 2.57. The molecule has 0 amide bonds. The van der Waals surface area contributed by atoms with E-state index in [0.29, 0.717) is 13.1 Å². The molecule has 0 bridgehead atoms. The second-order valence-corrected chi connectivity index (χ2v) is 8.76. The summed E-state index contributed by atoms with van der Waals surface area (Å²) in [6.45, 7) is 5.38. The van der Waals surface area contributed by atoms with Crippen LogP contribution < -0.4 is 5.73 Å². The fourth-order valence-electron chi connectivity index (χ4n) is 2.97. The van der Waals surface area contributed by atoms with Gasteiger partial charge in [-0.15, -0.1) is 17.5 Å². The maximum Gasteiger partial charge on any atom is 0.175 e. The van der Waals surface area contributed by atoms with Crippen molar-refractivity contribution >= 4 is 22.2 Å². The highest BCUT2D eigenvalue weighted by Crippen LogP contribution is 2.29. The number of tetrazole rings is 1. The number of hydrogen-bond donors (Lipinski definition) is 1. The summed E-state index contributed by atoms with van der Waals surface area (Å²) in [5.74, 6) is 0.725. The molecule has 1 aromatic heterocycles. The lowest BCUT2D eigenvalue weighted by Crippen LogP contribution is -2.31. The monoisotopic (exact) mass is 386 g/mol. The van der Waals surface area contributed by atoms with Crippen LogP contribution in [-0.2, 0) is 16.4 Å². The van der Waals surface area contributed by atoms with E-state index in [1.807, 2.05) is 0 Å². The van der Waals surface area contributed by atoms with Gasteiger partial charge in [0.1, 0.15) is 0 Å². The van der Waals surface area contributed by atoms with Crippen LogP contribution in [0.1, 0.15) is 19.2 Å². The summed E-state index contributed by atoms with van der Waals surface area (Å²) >= 11 is 0. The zero-order chi connectivity index (χ0) is 17.4. The summed E-state index contributed by atoms with van der Waals surface area (Å²) in [5.41, 5.74) is 6.74. The lowest BCUT2D eigenvalue weighted by molar-refractivity contribution is 0.267. The Morgan fingerprint density at radius 1 is 1.28 bits per heavy atom. The first-order valence-corrected chi connectivity index (χ1v) is 9.70. The van der Waals surface area contributed by atoms with E-state index in [-0.39, 0.29) is 22.7 Å². The van der Waals surface area contributed by atoms with E-state index in [1.165, 1.54) is 6.26 Å². The second kappa shape index (κ2) is 7.36. The average Bonchev–Trinajstić information content (AvgIpc) is 3.15. The maximum absolute atomic E-state index is 11.6. The van der Waals surface area contributed by atoms with Crippen LogP contribution in [0.3, 0.4) is 0 Å². The van der Waals surface area contributed by atoms with Crippen LogP contribution >= 0.6 is 12.4 Å². The zero-order valence-electron chi connectivity index (χ0n) is 14.3. The van der Waals surface area contributed by atoms with Crippen LogP contribution in [0.25, 0.3) is 5.69 Å². The van der Waals surface area contributed by atoms with Gasteiger partial charge in [0.05, 0.1) is 17.1 Å². The van der Waals surface area contributed by atoms with Gasteiger partial charge in [0.15, 0.2) is 15.7 Å². The highest BCUT2D eigenvalue weighted by Gasteiger charge is 2.33. The number of likely N-dealkylation sites (tertiary alicyclic amines) is 1. The molecule has 10 heteroatoms. The van der Waals surface area contributed by atoms with Gasteiger partial charge in [-0.2, -0.15) is 4.68 Å². The molecule has 2 aromatic rings. The topological polar surface area (TPSA) is 107 Å². The standard InChI is InChI=1S/C15H22N6O2S.ClH/c1-15(10-16)7-8-20(11-15)9-14-17-18-19-21(14)12-3-5-13(6-4-12)24(2,22)23;/h3-6H,7-11,16H2,1-2H3;1H. The van der Waals surface area contributed by atoms with Crippen LogP contribution in [0.5, 0.6) is 0 Å². The Morgan fingerprint density at radius 2 is 1.96 bits per heavy atom. The molecule has 1 fully saturated rings. The molecule has 1 aromatic carbocycles. The molecule has 1 aliphatic heterocycles. The SMILES string of the molecule is CC1(CN)CCN(Cc2nnnn2-c2ccc(S(C)(=O)=O)cc2)C1.Cl. The highest BCUT2D eigenvalue weighted by atomic mass is 35.5. The summed E-state index contributed by atoms with van der Waals surface area (Å²) in [5, 5.41) is 11.9. The van der Waals surface area contributed by atoms with E-state index in [4.69, 9.17) is 5.73 Å². The largest absolute Gasteiger partial charge is 0.330 e. The van der Waals surface area contributed by atoms with Gasteiger partial charge in [-0.05, 0) is 59.6 Å². The van der Waals surface area contributed by atoms with Crippen molar-refractivity contribution in [1.82, 2.24) is 25.1 Å². The Kier molecular flexibility index (Phi) is 5.82. The van der Waals surface area contributed by atoms with E-state index in [2.05, 4.69) is 27.3 Å². The van der Waals surface area contributed by atoms with Crippen LogP contribution in [0, 0.1) is 5.41 Å². The number of nitrogens with zero attached hydrogens (tertiary/aromatic N) is 5. The van der Waals surface area contributed by atoms with E-state index >= 15 is 0 Å². The third-order valence-corrected chi connectivity index (χ3v) is 5.67. The molecule has 2 heterocycles. The Labute approximate surface area is 153 Å². The van der Waals surface area contributed by atoms with Gasteiger partial charge >= 0.3 is 0 Å². The first-order chi connectivity index (χ1) is 11.3. The molecule has 0 radical (unpaired) electrons. The van der Waals surface area contributed by atoms with Crippen molar-refractivity contribution in [3.05, 3.63) is 30.1 Å². The zero-order valence-corrected chi connectivity index (χ0v) is 15.9. The minimum atomic E-state index is -3.21. The lowest BCUT2D eigenvalue weighted by Gasteiger charge is -2.22. The van der Waals surface area contributed by atoms with Gasteiger partial charge in [-0.3, -0.25) is 4.90 Å². The number of rotatable bonds is 5. The molecule has 0 saturated carbocycles. The Morgan fingerprint density at radius 3 is 2.52 bits per heavy atom. The first-order valence-electron chi connectivity index (χ1n) is 7.81. The number of halogens is 1. The molecule has 8 nitrogen and oxygen atoms in total. The Hall–Kier alpha value is -1.55. The number of benzene rings is 1. The number of hydrogen-bond acceptors (Lipinski definition) is 7. The van der Waals surface area contributed by atoms with E-state index < -0.39 is 9.84 Å². The summed E-state index contributed by atoms with van der Waals surface area (Å²) < 4.78 is 24.7. The van der Waals surface area contributed by atoms with E-state index in [9.17, 15) is 8.42 Å². The fourth-order valence-corrected chi connectivity index (χ4v) is 3.60. The van der Waals surface area contributed by atoms with Crippen molar-refractivity contribution in [1.29, 1.82) is 0 Å². The lowest BCUT2D eigenvalue weighted by atomic mass is 9.90. The molecule has 1 saturated heterocycles. The quantitative estimate of drug-likeness (QED) is 0.804. The fraction of sp³-hybridized carbons (Fsp3) is 0.533. The van der Waals surface area contributed by atoms with Crippen molar-refractivity contribution in [2.45, 2.75) is 24.8 Å². The van der Waals surface area contributed by atoms with Crippen LogP contribution in [0.15, 0.2) is 29.2 Å². The van der Waals surface area contributed by atoms with Gasteiger partial charge < -0.3 is 5.73 Å². The highest BCUT2D eigenvalue weighted by molar-refractivity contribution is 7.90. The maximum atomic E-state index is 11.6. The molecule has 0 aliphatic carbocycles. The van der Waals surface area contributed by atoms with Gasteiger partial charge in [0, 0.05) is 12.8 Å². The van der Waals surface area contributed by atoms with Gasteiger partial charge in [0.2, 0.25) is 0 Å². The second-order valence-electron chi connectivity index (χ2n) is 6.75. The van der Waals surface area contributed by atoms with Crippen LogP contribution in [0.4, 0.5) is 0 Å². The summed E-state index contributed by atoms with van der Waals surface area (Å²) in [6.07, 6.45) is 2.25. The number of nitrogens with two attached hydrogens (primary N) is 1. The third-order valence-electron chi connectivity index (χ3n) is 4.54. The minimum Gasteiger partial charge on any atom is -0.330 e. The summed E-state index contributed by atoms with van der Waals surface area (Å²) in [7, 11) is -3.21. The van der Waals surface area contributed by atoms with Crippen molar-refractivity contribution in [2.24, 2.45) is 11.1 Å². The molecular formula is C15H23ClN6O2S. The summed E-state index contributed by atoms with van der Waals surface area (Å²) in [6, 6.07) is 6.56. The molecule has 1 unspecified atom stereocenters. The predicted octanol–water partition coefficient (Wildman–Crippen LogP) is 0.658. The van der Waals surface area contributed by atoms with Gasteiger partial charge in [-0.25, -0.2) is 8.42 Å². The van der Waals surface area contributed by atoms with Gasteiger partial charge in [0.25, 0.3) is 0 Å². The number of aromatic nitrogens is 4. The van der Waals surface area contributed by atoms with Crippen molar-refractivity contribution < 1.29 is 8.42 Å². The minimum absolute atomic E-state index is 0. The normalized spacial score (nSPS) is 21.2. The first kappa shape index (κ1) is 19.8.